The molecule has 2 rings (SSSR count). The monoisotopic (exact) mass is 325 g/mol. The van der Waals surface area contributed by atoms with E-state index in [1.807, 2.05) is 26.0 Å². The minimum absolute atomic E-state index is 0.215. The SMILES string of the molecule is CCc1nnc(NCc2ccc(Cl)s2)c(C(=O)O)c1CC. The molecule has 0 aliphatic heterocycles. The summed E-state index contributed by atoms with van der Waals surface area (Å²) >= 11 is 7.33. The van der Waals surface area contributed by atoms with E-state index in [4.69, 9.17) is 11.6 Å². The van der Waals surface area contributed by atoms with E-state index in [2.05, 4.69) is 15.5 Å². The van der Waals surface area contributed by atoms with Gasteiger partial charge in [0.25, 0.3) is 0 Å². The lowest BCUT2D eigenvalue weighted by Crippen LogP contribution is -2.14. The molecule has 2 heterocycles. The van der Waals surface area contributed by atoms with Crippen LogP contribution in [0.25, 0.3) is 0 Å². The summed E-state index contributed by atoms with van der Waals surface area (Å²) in [5.74, 6) is -0.677. The van der Waals surface area contributed by atoms with Crippen molar-refractivity contribution in [2.75, 3.05) is 5.32 Å². The molecule has 5 nitrogen and oxygen atoms in total. The van der Waals surface area contributed by atoms with E-state index in [0.29, 0.717) is 29.5 Å². The number of halogens is 1. The molecule has 0 radical (unpaired) electrons. The van der Waals surface area contributed by atoms with Crippen LogP contribution >= 0.6 is 22.9 Å². The molecule has 0 aromatic carbocycles. The van der Waals surface area contributed by atoms with Crippen LogP contribution in [-0.4, -0.2) is 21.3 Å². The third kappa shape index (κ3) is 3.51. The van der Waals surface area contributed by atoms with Crippen LogP contribution < -0.4 is 5.32 Å². The zero-order chi connectivity index (χ0) is 15.4. The lowest BCUT2D eigenvalue weighted by Gasteiger charge is -2.13. The first-order chi connectivity index (χ1) is 10.1. The Morgan fingerprint density at radius 3 is 2.62 bits per heavy atom. The van der Waals surface area contributed by atoms with E-state index >= 15 is 0 Å². The van der Waals surface area contributed by atoms with Gasteiger partial charge in [-0.1, -0.05) is 25.4 Å². The molecule has 0 atom stereocenters. The molecule has 0 aliphatic rings. The number of carbonyl (C=O) groups is 1. The third-order valence-corrected chi connectivity index (χ3v) is 4.35. The lowest BCUT2D eigenvalue weighted by atomic mass is 10.0. The molecule has 0 spiro atoms. The van der Waals surface area contributed by atoms with Crippen LogP contribution in [0.5, 0.6) is 0 Å². The highest BCUT2D eigenvalue weighted by molar-refractivity contribution is 7.16. The van der Waals surface area contributed by atoms with Gasteiger partial charge in [0.2, 0.25) is 0 Å². The first-order valence-electron chi connectivity index (χ1n) is 6.66. The summed E-state index contributed by atoms with van der Waals surface area (Å²) in [4.78, 5) is 12.6. The molecule has 21 heavy (non-hydrogen) atoms. The van der Waals surface area contributed by atoms with Gasteiger partial charge in [-0.3, -0.25) is 0 Å². The maximum Gasteiger partial charge on any atom is 0.339 e. The third-order valence-electron chi connectivity index (χ3n) is 3.12. The molecule has 0 bridgehead atoms. The van der Waals surface area contributed by atoms with Gasteiger partial charge in [-0.15, -0.1) is 16.4 Å². The molecule has 0 saturated heterocycles. The molecule has 0 unspecified atom stereocenters. The fraction of sp³-hybridized carbons (Fsp3) is 0.357. The molecular formula is C14H16ClN3O2S. The summed E-state index contributed by atoms with van der Waals surface area (Å²) in [5, 5.41) is 20.7. The van der Waals surface area contributed by atoms with Gasteiger partial charge in [0.05, 0.1) is 16.6 Å². The Labute approximate surface area is 132 Å². The number of anilines is 1. The van der Waals surface area contributed by atoms with Gasteiger partial charge in [-0.05, 0) is 30.5 Å². The largest absolute Gasteiger partial charge is 0.478 e. The Morgan fingerprint density at radius 1 is 1.33 bits per heavy atom. The molecule has 0 saturated carbocycles. The summed E-state index contributed by atoms with van der Waals surface area (Å²) in [5.41, 5.74) is 1.69. The lowest BCUT2D eigenvalue weighted by molar-refractivity contribution is 0.0696. The standard InChI is InChI=1S/C14H16ClN3O2S/c1-3-9-10(4-2)17-18-13(12(9)14(19)20)16-7-8-5-6-11(15)21-8/h5-6H,3-4,7H2,1-2H3,(H,16,18)(H,19,20). The second kappa shape index (κ2) is 6.87. The van der Waals surface area contributed by atoms with Crippen molar-refractivity contribution < 1.29 is 9.90 Å². The van der Waals surface area contributed by atoms with Gasteiger partial charge < -0.3 is 10.4 Å². The van der Waals surface area contributed by atoms with Crippen molar-refractivity contribution >= 4 is 34.7 Å². The van der Waals surface area contributed by atoms with E-state index < -0.39 is 5.97 Å². The number of rotatable bonds is 6. The number of aryl methyl sites for hydroxylation is 1. The highest BCUT2D eigenvalue weighted by atomic mass is 35.5. The highest BCUT2D eigenvalue weighted by Gasteiger charge is 2.20. The normalized spacial score (nSPS) is 10.6. The number of aromatic carboxylic acids is 1. The van der Waals surface area contributed by atoms with E-state index in [9.17, 15) is 9.90 Å². The van der Waals surface area contributed by atoms with Crippen molar-refractivity contribution in [3.63, 3.8) is 0 Å². The first-order valence-corrected chi connectivity index (χ1v) is 7.86. The van der Waals surface area contributed by atoms with E-state index in [1.165, 1.54) is 11.3 Å². The molecule has 7 heteroatoms. The topological polar surface area (TPSA) is 75.1 Å². The molecule has 0 fully saturated rings. The van der Waals surface area contributed by atoms with E-state index in [1.54, 1.807) is 0 Å². The summed E-state index contributed by atoms with van der Waals surface area (Å²) in [6.07, 6.45) is 1.27. The fourth-order valence-corrected chi connectivity index (χ4v) is 3.17. The van der Waals surface area contributed by atoms with E-state index in [0.717, 1.165) is 16.1 Å². The number of carboxylic acids is 1. The number of carboxylic acid groups (broad SMARTS) is 1. The highest BCUT2D eigenvalue weighted by Crippen LogP contribution is 2.24. The quantitative estimate of drug-likeness (QED) is 0.848. The van der Waals surface area contributed by atoms with Crippen LogP contribution in [0, 0.1) is 0 Å². The van der Waals surface area contributed by atoms with Crippen LogP contribution in [0.15, 0.2) is 12.1 Å². The molecule has 0 aliphatic carbocycles. The number of aromatic nitrogens is 2. The number of thiophene rings is 1. The average Bonchev–Trinajstić information content (AvgIpc) is 2.89. The second-order valence-electron chi connectivity index (χ2n) is 4.42. The molecule has 0 amide bonds. The van der Waals surface area contributed by atoms with Crippen LogP contribution in [0.3, 0.4) is 0 Å². The maximum atomic E-state index is 11.6. The van der Waals surface area contributed by atoms with Gasteiger partial charge in [-0.2, -0.15) is 5.10 Å². The van der Waals surface area contributed by atoms with Crippen molar-refractivity contribution in [2.24, 2.45) is 0 Å². The van der Waals surface area contributed by atoms with Crippen LogP contribution in [0.2, 0.25) is 4.34 Å². The van der Waals surface area contributed by atoms with Crippen molar-refractivity contribution in [3.8, 4) is 0 Å². The van der Waals surface area contributed by atoms with Crippen LogP contribution in [0.4, 0.5) is 5.82 Å². The molecule has 2 aromatic rings. The van der Waals surface area contributed by atoms with Gasteiger partial charge >= 0.3 is 5.97 Å². The Kier molecular flexibility index (Phi) is 5.14. The second-order valence-corrected chi connectivity index (χ2v) is 6.22. The summed E-state index contributed by atoms with van der Waals surface area (Å²) in [6.45, 7) is 4.34. The van der Waals surface area contributed by atoms with Gasteiger partial charge in [-0.25, -0.2) is 4.79 Å². The Hall–Kier alpha value is -1.66. The average molecular weight is 326 g/mol. The number of nitrogens with one attached hydrogen (secondary N) is 1. The first kappa shape index (κ1) is 15.7. The Balaban J connectivity index is 2.32. The van der Waals surface area contributed by atoms with Crippen molar-refractivity contribution in [2.45, 2.75) is 33.2 Å². The minimum Gasteiger partial charge on any atom is -0.478 e. The number of nitrogens with zero attached hydrogens (tertiary/aromatic N) is 2. The maximum absolute atomic E-state index is 11.6. The zero-order valence-electron chi connectivity index (χ0n) is 11.8. The molecule has 112 valence electrons. The van der Waals surface area contributed by atoms with Crippen molar-refractivity contribution in [1.29, 1.82) is 0 Å². The Bertz CT molecular complexity index is 658. The predicted octanol–water partition coefficient (Wildman–Crippen LogP) is 3.63. The molecular weight excluding hydrogens is 310 g/mol. The smallest absolute Gasteiger partial charge is 0.339 e. The van der Waals surface area contributed by atoms with Crippen LogP contribution in [0.1, 0.15) is 40.3 Å². The Morgan fingerprint density at radius 2 is 2.10 bits per heavy atom. The summed E-state index contributed by atoms with van der Waals surface area (Å²) < 4.78 is 0.701. The number of hydrogen-bond acceptors (Lipinski definition) is 5. The van der Waals surface area contributed by atoms with Crippen LogP contribution in [-0.2, 0) is 19.4 Å². The van der Waals surface area contributed by atoms with E-state index in [-0.39, 0.29) is 5.56 Å². The fourth-order valence-electron chi connectivity index (χ4n) is 2.14. The van der Waals surface area contributed by atoms with Gasteiger partial charge in [0, 0.05) is 4.88 Å². The van der Waals surface area contributed by atoms with Gasteiger partial charge in [0.15, 0.2) is 5.82 Å². The predicted molar refractivity (Wildman–Crippen MR) is 84.4 cm³/mol. The van der Waals surface area contributed by atoms with Crippen molar-refractivity contribution in [3.05, 3.63) is 38.2 Å². The molecule has 2 aromatic heterocycles. The van der Waals surface area contributed by atoms with Crippen molar-refractivity contribution in [1.82, 2.24) is 10.2 Å². The minimum atomic E-state index is -0.983. The number of hydrogen-bond donors (Lipinski definition) is 2. The van der Waals surface area contributed by atoms with Gasteiger partial charge in [0.1, 0.15) is 5.56 Å². The summed E-state index contributed by atoms with van der Waals surface area (Å²) in [7, 11) is 0. The summed E-state index contributed by atoms with van der Waals surface area (Å²) in [6, 6.07) is 3.71. The molecule has 2 N–H and O–H groups in total. The zero-order valence-corrected chi connectivity index (χ0v) is 13.4.